The van der Waals surface area contributed by atoms with E-state index in [1.807, 2.05) is 7.05 Å². The lowest BCUT2D eigenvalue weighted by atomic mass is 10.0. The Hall–Kier alpha value is -0.900. The van der Waals surface area contributed by atoms with Crippen molar-refractivity contribution in [3.8, 4) is 0 Å². The lowest BCUT2D eigenvalue weighted by molar-refractivity contribution is 0.117. The first-order valence-electron chi connectivity index (χ1n) is 8.35. The third-order valence-corrected chi connectivity index (χ3v) is 4.24. The van der Waals surface area contributed by atoms with Crippen molar-refractivity contribution in [2.45, 2.75) is 26.8 Å². The Labute approximate surface area is 130 Å². The predicted octanol–water partition coefficient (Wildman–Crippen LogP) is 2.22. The number of nitrogens with one attached hydrogen (secondary N) is 1. The third kappa shape index (κ3) is 5.42. The zero-order valence-corrected chi connectivity index (χ0v) is 13.9. The van der Waals surface area contributed by atoms with Gasteiger partial charge in [0.05, 0.1) is 0 Å². The minimum Gasteiger partial charge on any atom is -0.319 e. The van der Waals surface area contributed by atoms with E-state index in [0.29, 0.717) is 0 Å². The van der Waals surface area contributed by atoms with Gasteiger partial charge in [-0.15, -0.1) is 0 Å². The van der Waals surface area contributed by atoms with Gasteiger partial charge in [0.25, 0.3) is 0 Å². The molecule has 3 heteroatoms. The molecule has 3 nitrogen and oxygen atoms in total. The summed E-state index contributed by atoms with van der Waals surface area (Å²) in [6.45, 7) is 12.9. The molecular weight excluding hydrogens is 258 g/mol. The second-order valence-corrected chi connectivity index (χ2v) is 6.59. The molecule has 1 fully saturated rings. The van der Waals surface area contributed by atoms with E-state index in [1.54, 1.807) is 0 Å². The van der Waals surface area contributed by atoms with Crippen molar-refractivity contribution in [1.82, 2.24) is 15.1 Å². The molecule has 21 heavy (non-hydrogen) atoms. The molecule has 1 N–H and O–H groups in total. The Morgan fingerprint density at radius 1 is 1.00 bits per heavy atom. The van der Waals surface area contributed by atoms with Gasteiger partial charge in [0.15, 0.2) is 0 Å². The maximum Gasteiger partial charge on any atom is 0.0237 e. The number of hydrogen-bond donors (Lipinski definition) is 1. The molecule has 0 aliphatic carbocycles. The van der Waals surface area contributed by atoms with Crippen LogP contribution >= 0.6 is 0 Å². The van der Waals surface area contributed by atoms with Crippen molar-refractivity contribution in [1.29, 1.82) is 0 Å². The highest BCUT2D eigenvalue weighted by Gasteiger charge is 2.18. The number of hydrogen-bond acceptors (Lipinski definition) is 3. The van der Waals surface area contributed by atoms with Crippen LogP contribution in [0.15, 0.2) is 24.3 Å². The number of piperazine rings is 1. The van der Waals surface area contributed by atoms with Crippen LogP contribution in [0.1, 0.15) is 25.0 Å². The largest absolute Gasteiger partial charge is 0.319 e. The van der Waals surface area contributed by atoms with Gasteiger partial charge in [0.2, 0.25) is 0 Å². The zero-order chi connectivity index (χ0) is 15.1. The second-order valence-electron chi connectivity index (χ2n) is 6.59. The molecule has 1 aromatic rings. The molecule has 0 atom stereocenters. The summed E-state index contributed by atoms with van der Waals surface area (Å²) in [5, 5.41) is 3.25. The number of benzene rings is 1. The van der Waals surface area contributed by atoms with Crippen molar-refractivity contribution >= 4 is 0 Å². The van der Waals surface area contributed by atoms with Gasteiger partial charge in [0, 0.05) is 39.3 Å². The quantitative estimate of drug-likeness (QED) is 0.830. The van der Waals surface area contributed by atoms with Gasteiger partial charge in [-0.3, -0.25) is 4.90 Å². The van der Waals surface area contributed by atoms with Gasteiger partial charge in [-0.05, 0) is 37.1 Å². The summed E-state index contributed by atoms with van der Waals surface area (Å²) in [4.78, 5) is 5.21. The fourth-order valence-electron chi connectivity index (χ4n) is 3.10. The Kier molecular flexibility index (Phi) is 6.68. The fourth-order valence-corrected chi connectivity index (χ4v) is 3.10. The third-order valence-electron chi connectivity index (χ3n) is 4.24. The Bertz CT molecular complexity index is 409. The van der Waals surface area contributed by atoms with E-state index in [1.165, 1.54) is 43.9 Å². The molecule has 0 bridgehead atoms. The van der Waals surface area contributed by atoms with Gasteiger partial charge in [-0.1, -0.05) is 38.1 Å². The maximum absolute atomic E-state index is 3.25. The molecule has 0 radical (unpaired) electrons. The maximum atomic E-state index is 3.25. The normalized spacial score (nSPS) is 17.5. The summed E-state index contributed by atoms with van der Waals surface area (Å²) >= 11 is 0. The van der Waals surface area contributed by atoms with Crippen molar-refractivity contribution in [3.63, 3.8) is 0 Å². The minimum absolute atomic E-state index is 0.777. The predicted molar refractivity (Wildman–Crippen MR) is 90.6 cm³/mol. The molecule has 0 amide bonds. The molecule has 0 aromatic heterocycles. The highest BCUT2D eigenvalue weighted by atomic mass is 15.3. The van der Waals surface area contributed by atoms with Crippen LogP contribution in [-0.4, -0.2) is 56.1 Å². The Balaban J connectivity index is 1.85. The van der Waals surface area contributed by atoms with E-state index in [4.69, 9.17) is 0 Å². The van der Waals surface area contributed by atoms with Crippen LogP contribution in [0.4, 0.5) is 0 Å². The fraction of sp³-hybridized carbons (Fsp3) is 0.667. The van der Waals surface area contributed by atoms with E-state index in [9.17, 15) is 0 Å². The summed E-state index contributed by atoms with van der Waals surface area (Å²) in [5.41, 5.74) is 3.00. The second kappa shape index (κ2) is 8.52. The minimum atomic E-state index is 0.777. The van der Waals surface area contributed by atoms with Crippen LogP contribution in [0.3, 0.4) is 0 Å². The topological polar surface area (TPSA) is 18.5 Å². The van der Waals surface area contributed by atoms with E-state index < -0.39 is 0 Å². The van der Waals surface area contributed by atoms with Gasteiger partial charge < -0.3 is 10.2 Å². The molecule has 0 saturated carbocycles. The molecule has 1 aliphatic rings. The highest BCUT2D eigenvalue weighted by Crippen LogP contribution is 2.14. The summed E-state index contributed by atoms with van der Waals surface area (Å²) in [6.07, 6.45) is 1.12. The number of likely N-dealkylation sites (N-methyl/N-ethyl adjacent to an activating group) is 1. The van der Waals surface area contributed by atoms with Crippen LogP contribution in [-0.2, 0) is 13.0 Å². The molecule has 0 unspecified atom stereocenters. The van der Waals surface area contributed by atoms with Crippen LogP contribution in [0.5, 0.6) is 0 Å². The smallest absolute Gasteiger partial charge is 0.0237 e. The lowest BCUT2D eigenvalue weighted by Gasteiger charge is -2.35. The average molecular weight is 289 g/mol. The molecular formula is C18H31N3. The van der Waals surface area contributed by atoms with Gasteiger partial charge in [-0.25, -0.2) is 0 Å². The van der Waals surface area contributed by atoms with E-state index in [-0.39, 0.29) is 0 Å². The van der Waals surface area contributed by atoms with E-state index in [2.05, 4.69) is 53.2 Å². The summed E-state index contributed by atoms with van der Waals surface area (Å²) in [7, 11) is 2.02. The van der Waals surface area contributed by atoms with Crippen LogP contribution in [0.2, 0.25) is 0 Å². The number of rotatable bonds is 7. The standard InChI is InChI=1S/C18H31N3/c1-16(2)14-20-10-12-21(13-11-20)15-18-7-5-4-6-17(18)8-9-19-3/h4-7,16,19H,8-15H2,1-3H3. The van der Waals surface area contributed by atoms with Crippen molar-refractivity contribution < 1.29 is 0 Å². The van der Waals surface area contributed by atoms with Crippen LogP contribution in [0, 0.1) is 5.92 Å². The van der Waals surface area contributed by atoms with Crippen molar-refractivity contribution in [2.75, 3.05) is 46.3 Å². The molecule has 1 aliphatic heterocycles. The molecule has 2 rings (SSSR count). The first-order valence-corrected chi connectivity index (χ1v) is 8.35. The molecule has 1 heterocycles. The van der Waals surface area contributed by atoms with Crippen LogP contribution < -0.4 is 5.32 Å². The summed E-state index contributed by atoms with van der Waals surface area (Å²) < 4.78 is 0. The average Bonchev–Trinajstić information content (AvgIpc) is 2.48. The molecule has 118 valence electrons. The first kappa shape index (κ1) is 16.5. The summed E-state index contributed by atoms with van der Waals surface area (Å²) in [6, 6.07) is 8.91. The van der Waals surface area contributed by atoms with Crippen molar-refractivity contribution in [2.24, 2.45) is 5.92 Å². The summed E-state index contributed by atoms with van der Waals surface area (Å²) in [5.74, 6) is 0.777. The van der Waals surface area contributed by atoms with Gasteiger partial charge in [0.1, 0.15) is 0 Å². The Morgan fingerprint density at radius 3 is 2.24 bits per heavy atom. The number of nitrogens with zero attached hydrogens (tertiary/aromatic N) is 2. The van der Waals surface area contributed by atoms with E-state index >= 15 is 0 Å². The van der Waals surface area contributed by atoms with Crippen LogP contribution in [0.25, 0.3) is 0 Å². The Morgan fingerprint density at radius 2 is 1.62 bits per heavy atom. The van der Waals surface area contributed by atoms with Gasteiger partial charge >= 0.3 is 0 Å². The lowest BCUT2D eigenvalue weighted by Crippen LogP contribution is -2.46. The highest BCUT2D eigenvalue weighted by molar-refractivity contribution is 5.27. The SMILES string of the molecule is CNCCc1ccccc1CN1CCN(CC(C)C)CC1. The molecule has 1 aromatic carbocycles. The van der Waals surface area contributed by atoms with Crippen molar-refractivity contribution in [3.05, 3.63) is 35.4 Å². The monoisotopic (exact) mass is 289 g/mol. The molecule has 1 saturated heterocycles. The molecule has 0 spiro atoms. The van der Waals surface area contributed by atoms with E-state index in [0.717, 1.165) is 25.4 Å². The van der Waals surface area contributed by atoms with Gasteiger partial charge in [-0.2, -0.15) is 0 Å². The zero-order valence-electron chi connectivity index (χ0n) is 13.9. The first-order chi connectivity index (χ1) is 10.2.